The van der Waals surface area contributed by atoms with E-state index in [4.69, 9.17) is 4.74 Å². The van der Waals surface area contributed by atoms with Crippen LogP contribution in [-0.4, -0.2) is 55.6 Å². The van der Waals surface area contributed by atoms with Crippen LogP contribution in [0.5, 0.6) is 0 Å². The van der Waals surface area contributed by atoms with E-state index in [1.54, 1.807) is 31.2 Å². The van der Waals surface area contributed by atoms with Gasteiger partial charge in [0.15, 0.2) is 0 Å². The van der Waals surface area contributed by atoms with Crippen LogP contribution in [-0.2, 0) is 9.53 Å². The predicted octanol–water partition coefficient (Wildman–Crippen LogP) is 1.99. The zero-order chi connectivity index (χ0) is 19.8. The highest BCUT2D eigenvalue weighted by atomic mass is 16.5. The molecule has 2 unspecified atom stereocenters. The van der Waals surface area contributed by atoms with E-state index >= 15 is 0 Å². The van der Waals surface area contributed by atoms with Crippen LogP contribution in [0.1, 0.15) is 28.9 Å². The van der Waals surface area contributed by atoms with E-state index in [-0.39, 0.29) is 17.9 Å². The van der Waals surface area contributed by atoms with Gasteiger partial charge in [0, 0.05) is 25.2 Å². The molecule has 6 heteroatoms. The van der Waals surface area contributed by atoms with Gasteiger partial charge in [-0.15, -0.1) is 0 Å². The minimum absolute atomic E-state index is 0.0751. The molecule has 2 amide bonds. The maximum absolute atomic E-state index is 12.6. The maximum Gasteiger partial charge on any atom is 0.251 e. The number of morpholine rings is 1. The Labute approximate surface area is 165 Å². The Morgan fingerprint density at radius 3 is 2.25 bits per heavy atom. The number of nitrogens with zero attached hydrogens (tertiary/aromatic N) is 1. The molecule has 2 aromatic rings. The third-order valence-electron chi connectivity index (χ3n) is 4.92. The first-order valence-corrected chi connectivity index (χ1v) is 9.65. The number of rotatable bonds is 7. The SMILES string of the molecule is CC(NC(=O)c1ccccc1)C(=O)NCC(c1ccccc1)N1CCOCC1. The van der Waals surface area contributed by atoms with Crippen LogP contribution < -0.4 is 10.6 Å². The minimum Gasteiger partial charge on any atom is -0.379 e. The molecule has 148 valence electrons. The molecule has 1 saturated heterocycles. The van der Waals surface area contributed by atoms with Gasteiger partial charge in [-0.2, -0.15) is 0 Å². The molecule has 28 heavy (non-hydrogen) atoms. The molecule has 0 saturated carbocycles. The van der Waals surface area contributed by atoms with Gasteiger partial charge >= 0.3 is 0 Å². The lowest BCUT2D eigenvalue weighted by molar-refractivity contribution is -0.122. The van der Waals surface area contributed by atoms with E-state index in [0.29, 0.717) is 25.3 Å². The van der Waals surface area contributed by atoms with Crippen molar-refractivity contribution in [2.45, 2.75) is 19.0 Å². The molecule has 0 spiro atoms. The van der Waals surface area contributed by atoms with Crippen LogP contribution in [0.2, 0.25) is 0 Å². The average molecular weight is 381 g/mol. The van der Waals surface area contributed by atoms with Crippen molar-refractivity contribution >= 4 is 11.8 Å². The Balaban J connectivity index is 1.59. The van der Waals surface area contributed by atoms with Gasteiger partial charge in [-0.1, -0.05) is 48.5 Å². The Kier molecular flexibility index (Phi) is 7.17. The minimum atomic E-state index is -0.617. The summed E-state index contributed by atoms with van der Waals surface area (Å²) in [6.45, 7) is 5.23. The van der Waals surface area contributed by atoms with Gasteiger partial charge in [-0.3, -0.25) is 14.5 Å². The summed E-state index contributed by atoms with van der Waals surface area (Å²) in [5, 5.41) is 5.75. The molecule has 0 bridgehead atoms. The van der Waals surface area contributed by atoms with Crippen LogP contribution in [0, 0.1) is 0 Å². The second-order valence-electron chi connectivity index (χ2n) is 6.88. The molecular formula is C22H27N3O3. The highest BCUT2D eigenvalue weighted by Gasteiger charge is 2.24. The van der Waals surface area contributed by atoms with Crippen LogP contribution in [0.25, 0.3) is 0 Å². The lowest BCUT2D eigenvalue weighted by Crippen LogP contribution is -2.48. The van der Waals surface area contributed by atoms with Crippen molar-refractivity contribution in [1.82, 2.24) is 15.5 Å². The Morgan fingerprint density at radius 1 is 1.00 bits per heavy atom. The summed E-state index contributed by atoms with van der Waals surface area (Å²) in [7, 11) is 0. The fourth-order valence-electron chi connectivity index (χ4n) is 3.31. The summed E-state index contributed by atoms with van der Waals surface area (Å²) in [4.78, 5) is 27.1. The first-order valence-electron chi connectivity index (χ1n) is 9.65. The summed E-state index contributed by atoms with van der Waals surface area (Å²) in [5.41, 5.74) is 1.70. The molecule has 0 aliphatic carbocycles. The second-order valence-corrected chi connectivity index (χ2v) is 6.88. The molecule has 2 aromatic carbocycles. The number of benzene rings is 2. The van der Waals surface area contributed by atoms with E-state index < -0.39 is 6.04 Å². The topological polar surface area (TPSA) is 70.7 Å². The number of carbonyl (C=O) groups excluding carboxylic acids is 2. The van der Waals surface area contributed by atoms with Crippen LogP contribution in [0.15, 0.2) is 60.7 Å². The first kappa shape index (κ1) is 20.0. The van der Waals surface area contributed by atoms with Crippen LogP contribution in [0.4, 0.5) is 0 Å². The molecule has 2 atom stereocenters. The van der Waals surface area contributed by atoms with E-state index in [9.17, 15) is 9.59 Å². The van der Waals surface area contributed by atoms with E-state index in [1.165, 1.54) is 0 Å². The number of amides is 2. The fraction of sp³-hybridized carbons (Fsp3) is 0.364. The van der Waals surface area contributed by atoms with Crippen LogP contribution in [0.3, 0.4) is 0 Å². The van der Waals surface area contributed by atoms with E-state index in [1.807, 2.05) is 24.3 Å². The molecule has 0 aromatic heterocycles. The van der Waals surface area contributed by atoms with Gasteiger partial charge in [0.05, 0.1) is 19.3 Å². The average Bonchev–Trinajstić information content (AvgIpc) is 2.76. The lowest BCUT2D eigenvalue weighted by Gasteiger charge is -2.35. The van der Waals surface area contributed by atoms with E-state index in [0.717, 1.165) is 18.7 Å². The lowest BCUT2D eigenvalue weighted by atomic mass is 10.0. The molecule has 6 nitrogen and oxygen atoms in total. The highest BCUT2D eigenvalue weighted by Crippen LogP contribution is 2.21. The monoisotopic (exact) mass is 381 g/mol. The van der Waals surface area contributed by atoms with Crippen molar-refractivity contribution in [3.05, 3.63) is 71.8 Å². The molecule has 1 aliphatic rings. The third-order valence-corrected chi connectivity index (χ3v) is 4.92. The number of ether oxygens (including phenoxy) is 1. The number of carbonyl (C=O) groups is 2. The molecule has 2 N–H and O–H groups in total. The van der Waals surface area contributed by atoms with Gasteiger partial charge in [0.1, 0.15) is 6.04 Å². The van der Waals surface area contributed by atoms with Crippen molar-refractivity contribution in [1.29, 1.82) is 0 Å². The van der Waals surface area contributed by atoms with Crippen molar-refractivity contribution in [2.75, 3.05) is 32.8 Å². The van der Waals surface area contributed by atoms with Crippen molar-refractivity contribution in [3.63, 3.8) is 0 Å². The predicted molar refractivity (Wildman–Crippen MR) is 108 cm³/mol. The Bertz CT molecular complexity index is 761. The summed E-state index contributed by atoms with van der Waals surface area (Å²) in [6, 6.07) is 18.5. The summed E-state index contributed by atoms with van der Waals surface area (Å²) in [5.74, 6) is -0.450. The third kappa shape index (κ3) is 5.41. The number of hydrogen-bond acceptors (Lipinski definition) is 4. The zero-order valence-electron chi connectivity index (χ0n) is 16.1. The fourth-order valence-corrected chi connectivity index (χ4v) is 3.31. The highest BCUT2D eigenvalue weighted by molar-refractivity contribution is 5.97. The maximum atomic E-state index is 12.6. The molecule has 1 heterocycles. The molecule has 1 fully saturated rings. The summed E-state index contributed by atoms with van der Waals surface area (Å²) in [6.07, 6.45) is 0. The largest absolute Gasteiger partial charge is 0.379 e. The molecule has 3 rings (SSSR count). The summed E-state index contributed by atoms with van der Waals surface area (Å²) >= 11 is 0. The second kappa shape index (κ2) is 10.0. The molecule has 1 aliphatic heterocycles. The van der Waals surface area contributed by atoms with Gasteiger partial charge < -0.3 is 15.4 Å². The zero-order valence-corrected chi connectivity index (χ0v) is 16.1. The number of hydrogen-bond donors (Lipinski definition) is 2. The molecule has 0 radical (unpaired) electrons. The van der Waals surface area contributed by atoms with Crippen molar-refractivity contribution < 1.29 is 14.3 Å². The normalized spacial score (nSPS) is 16.8. The first-order chi connectivity index (χ1) is 13.6. The Hall–Kier alpha value is -2.70. The van der Waals surface area contributed by atoms with Crippen molar-refractivity contribution in [2.24, 2.45) is 0 Å². The quantitative estimate of drug-likeness (QED) is 0.770. The molecular weight excluding hydrogens is 354 g/mol. The van der Waals surface area contributed by atoms with Crippen LogP contribution >= 0.6 is 0 Å². The standard InChI is InChI=1S/C22H27N3O3/c1-17(24-22(27)19-10-6-3-7-11-19)21(26)23-16-20(18-8-4-2-5-9-18)25-12-14-28-15-13-25/h2-11,17,20H,12-16H2,1H3,(H,23,26)(H,24,27). The van der Waals surface area contributed by atoms with Gasteiger partial charge in [-0.25, -0.2) is 0 Å². The van der Waals surface area contributed by atoms with Gasteiger partial charge in [-0.05, 0) is 24.6 Å². The van der Waals surface area contributed by atoms with E-state index in [2.05, 4.69) is 27.7 Å². The van der Waals surface area contributed by atoms with Gasteiger partial charge in [0.2, 0.25) is 5.91 Å². The smallest absolute Gasteiger partial charge is 0.251 e. The number of nitrogens with one attached hydrogen (secondary N) is 2. The summed E-state index contributed by atoms with van der Waals surface area (Å²) < 4.78 is 5.46. The van der Waals surface area contributed by atoms with Crippen molar-refractivity contribution in [3.8, 4) is 0 Å². The Morgan fingerprint density at radius 2 is 1.61 bits per heavy atom. The van der Waals surface area contributed by atoms with Gasteiger partial charge in [0.25, 0.3) is 5.91 Å².